The van der Waals surface area contributed by atoms with E-state index in [1.165, 1.54) is 5.56 Å². The van der Waals surface area contributed by atoms with Gasteiger partial charge >= 0.3 is 5.97 Å². The van der Waals surface area contributed by atoms with Crippen LogP contribution in [0.2, 0.25) is 0 Å². The molecule has 0 saturated heterocycles. The highest BCUT2D eigenvalue weighted by Gasteiger charge is 2.31. The molecule has 2 aromatic carbocycles. The van der Waals surface area contributed by atoms with Crippen molar-refractivity contribution in [3.63, 3.8) is 0 Å². The normalized spacial score (nSPS) is 15.7. The Hall–Kier alpha value is -3.07. The molecule has 1 aliphatic carbocycles. The topological polar surface area (TPSA) is 40.5 Å². The number of fused-ring (bicyclic) bond motifs is 2. The zero-order valence-electron chi connectivity index (χ0n) is 13.1. The third-order valence-corrected chi connectivity index (χ3v) is 4.48. The van der Waals surface area contributed by atoms with Crippen LogP contribution >= 0.6 is 0 Å². The highest BCUT2D eigenvalue weighted by Crippen LogP contribution is 2.43. The van der Waals surface area contributed by atoms with Crippen molar-refractivity contribution in [2.75, 3.05) is 4.90 Å². The maximum Gasteiger partial charge on any atom is 0.336 e. The van der Waals surface area contributed by atoms with Gasteiger partial charge in [-0.3, -0.25) is 0 Å². The van der Waals surface area contributed by atoms with Gasteiger partial charge in [0.05, 0.1) is 5.57 Å². The van der Waals surface area contributed by atoms with Crippen LogP contribution in [0.3, 0.4) is 0 Å². The molecule has 2 aliphatic rings. The summed E-state index contributed by atoms with van der Waals surface area (Å²) >= 11 is 0. The Bertz CT molecular complexity index is 891. The Morgan fingerprint density at radius 3 is 2.58 bits per heavy atom. The molecule has 118 valence electrons. The monoisotopic (exact) mass is 315 g/mol. The molecule has 1 N–H and O–H groups in total. The minimum atomic E-state index is -0.863. The number of rotatable bonds is 3. The van der Waals surface area contributed by atoms with E-state index in [0.29, 0.717) is 18.5 Å². The van der Waals surface area contributed by atoms with Gasteiger partial charge in [0, 0.05) is 23.5 Å². The first-order chi connectivity index (χ1) is 11.8. The Balaban J connectivity index is 1.90. The lowest BCUT2D eigenvalue weighted by atomic mass is 9.87. The summed E-state index contributed by atoms with van der Waals surface area (Å²) in [7, 11) is 0. The van der Waals surface area contributed by atoms with Gasteiger partial charge in [-0.25, -0.2) is 4.79 Å². The fraction of sp³-hybridized carbons (Fsp3) is 0.0952. The van der Waals surface area contributed by atoms with Crippen LogP contribution in [-0.2, 0) is 11.3 Å². The summed E-state index contributed by atoms with van der Waals surface area (Å²) in [5, 5.41) is 9.77. The van der Waals surface area contributed by atoms with Gasteiger partial charge in [-0.1, -0.05) is 60.7 Å². The largest absolute Gasteiger partial charge is 0.478 e. The van der Waals surface area contributed by atoms with Gasteiger partial charge in [0.25, 0.3) is 0 Å². The van der Waals surface area contributed by atoms with Gasteiger partial charge in [0.2, 0.25) is 0 Å². The van der Waals surface area contributed by atoms with Crippen LogP contribution < -0.4 is 4.90 Å². The van der Waals surface area contributed by atoms with Gasteiger partial charge in [-0.15, -0.1) is 0 Å². The number of aliphatic carboxylic acids is 1. The second-order valence-corrected chi connectivity index (χ2v) is 5.93. The number of carboxylic acid groups (broad SMARTS) is 1. The lowest BCUT2D eigenvalue weighted by molar-refractivity contribution is -0.130. The fourth-order valence-corrected chi connectivity index (χ4v) is 3.43. The number of anilines is 1. The number of para-hydroxylation sites is 1. The minimum Gasteiger partial charge on any atom is -0.478 e. The number of allylic oxidation sites excluding steroid dienone is 4. The molecule has 1 heterocycles. The zero-order chi connectivity index (χ0) is 16.5. The molecule has 3 nitrogen and oxygen atoms in total. The van der Waals surface area contributed by atoms with Crippen LogP contribution in [0, 0.1) is 0 Å². The first-order valence-electron chi connectivity index (χ1n) is 8.00. The van der Waals surface area contributed by atoms with Crippen molar-refractivity contribution in [2.45, 2.75) is 13.0 Å². The molecular formula is C21H17NO2. The number of carboxylic acids is 1. The second-order valence-electron chi connectivity index (χ2n) is 5.93. The molecule has 0 spiro atoms. The summed E-state index contributed by atoms with van der Waals surface area (Å²) in [4.78, 5) is 14.1. The average Bonchev–Trinajstić information content (AvgIpc) is 2.62. The second kappa shape index (κ2) is 5.85. The third kappa shape index (κ3) is 2.35. The van der Waals surface area contributed by atoms with E-state index in [0.717, 1.165) is 22.5 Å². The molecule has 0 radical (unpaired) electrons. The van der Waals surface area contributed by atoms with Gasteiger partial charge in [-0.2, -0.15) is 0 Å². The Kier molecular flexibility index (Phi) is 3.54. The van der Waals surface area contributed by atoms with E-state index in [4.69, 9.17) is 0 Å². The highest BCUT2D eigenvalue weighted by atomic mass is 16.4. The van der Waals surface area contributed by atoms with Gasteiger partial charge in [0.1, 0.15) is 0 Å². The van der Waals surface area contributed by atoms with E-state index in [1.807, 2.05) is 60.7 Å². The lowest BCUT2D eigenvalue weighted by Crippen LogP contribution is -2.29. The Morgan fingerprint density at radius 1 is 1.04 bits per heavy atom. The molecule has 0 bridgehead atoms. The van der Waals surface area contributed by atoms with Crippen molar-refractivity contribution in [1.82, 2.24) is 0 Å². The summed E-state index contributed by atoms with van der Waals surface area (Å²) < 4.78 is 0. The van der Waals surface area contributed by atoms with Crippen molar-refractivity contribution < 1.29 is 9.90 Å². The van der Waals surface area contributed by atoms with E-state index >= 15 is 0 Å². The maximum absolute atomic E-state index is 11.9. The molecule has 0 fully saturated rings. The van der Waals surface area contributed by atoms with Crippen molar-refractivity contribution in [3.05, 3.63) is 95.2 Å². The predicted molar refractivity (Wildman–Crippen MR) is 95.5 cm³/mol. The molecule has 2 aromatic rings. The Labute approximate surface area is 140 Å². The van der Waals surface area contributed by atoms with Crippen molar-refractivity contribution >= 4 is 17.2 Å². The molecule has 0 unspecified atom stereocenters. The third-order valence-electron chi connectivity index (χ3n) is 4.48. The molecule has 0 atom stereocenters. The summed E-state index contributed by atoms with van der Waals surface area (Å²) in [6.45, 7) is 0.716. The summed E-state index contributed by atoms with van der Waals surface area (Å²) in [6, 6.07) is 18.0. The number of hydrogen-bond acceptors (Lipinski definition) is 2. The Morgan fingerprint density at radius 2 is 1.79 bits per heavy atom. The summed E-state index contributed by atoms with van der Waals surface area (Å²) in [6.07, 6.45) is 6.67. The molecule has 0 saturated carbocycles. The van der Waals surface area contributed by atoms with Crippen molar-refractivity contribution in [1.29, 1.82) is 0 Å². The first kappa shape index (κ1) is 14.5. The van der Waals surface area contributed by atoms with E-state index in [-0.39, 0.29) is 0 Å². The van der Waals surface area contributed by atoms with Crippen LogP contribution in [0.1, 0.15) is 17.5 Å². The molecule has 1 aliphatic heterocycles. The quantitative estimate of drug-likeness (QED) is 0.913. The van der Waals surface area contributed by atoms with Crippen LogP contribution in [-0.4, -0.2) is 11.1 Å². The molecule has 0 amide bonds. The number of carbonyl (C=O) groups is 1. The van der Waals surface area contributed by atoms with Crippen LogP contribution in [0.5, 0.6) is 0 Å². The first-order valence-corrected chi connectivity index (χ1v) is 8.00. The number of benzene rings is 2. The van der Waals surface area contributed by atoms with Crippen LogP contribution in [0.15, 0.2) is 84.1 Å². The van der Waals surface area contributed by atoms with Gasteiger partial charge < -0.3 is 10.0 Å². The predicted octanol–water partition coefficient (Wildman–Crippen LogP) is 4.39. The molecule has 24 heavy (non-hydrogen) atoms. The number of hydrogen-bond donors (Lipinski definition) is 1. The van der Waals surface area contributed by atoms with Gasteiger partial charge in [0.15, 0.2) is 0 Å². The smallest absolute Gasteiger partial charge is 0.336 e. The zero-order valence-corrected chi connectivity index (χ0v) is 13.1. The summed E-state index contributed by atoms with van der Waals surface area (Å²) in [5.41, 5.74) is 5.23. The average molecular weight is 315 g/mol. The highest BCUT2D eigenvalue weighted by molar-refractivity contribution is 6.20. The SMILES string of the molecule is O=C(O)C1=C2CC=CC=C2N(Cc2ccccc2)c2ccccc21. The van der Waals surface area contributed by atoms with Crippen LogP contribution in [0.4, 0.5) is 5.69 Å². The lowest BCUT2D eigenvalue weighted by Gasteiger charge is -2.36. The van der Waals surface area contributed by atoms with Crippen molar-refractivity contribution in [3.8, 4) is 0 Å². The molecular weight excluding hydrogens is 298 g/mol. The van der Waals surface area contributed by atoms with E-state index < -0.39 is 5.97 Å². The number of nitrogens with zero attached hydrogens (tertiary/aromatic N) is 1. The van der Waals surface area contributed by atoms with E-state index in [2.05, 4.69) is 17.0 Å². The van der Waals surface area contributed by atoms with E-state index in [9.17, 15) is 9.90 Å². The van der Waals surface area contributed by atoms with Crippen LogP contribution in [0.25, 0.3) is 5.57 Å². The van der Waals surface area contributed by atoms with Crippen molar-refractivity contribution in [2.24, 2.45) is 0 Å². The summed E-state index contributed by atoms with van der Waals surface area (Å²) in [5.74, 6) is -0.863. The van der Waals surface area contributed by atoms with E-state index in [1.54, 1.807) is 0 Å². The minimum absolute atomic E-state index is 0.422. The maximum atomic E-state index is 11.9. The standard InChI is InChI=1S/C21H17NO2/c23-21(24)20-16-10-4-6-12-18(16)22(14-15-8-2-1-3-9-15)19-13-7-5-11-17(19)20/h1-10,12-13H,11,14H2,(H,23,24). The fourth-order valence-electron chi connectivity index (χ4n) is 3.43. The van der Waals surface area contributed by atoms with Gasteiger partial charge in [-0.05, 0) is 29.7 Å². The molecule has 4 rings (SSSR count). The molecule has 3 heteroatoms. The molecule has 0 aromatic heterocycles.